The van der Waals surface area contributed by atoms with Crippen molar-refractivity contribution in [1.82, 2.24) is 0 Å². The van der Waals surface area contributed by atoms with Crippen molar-refractivity contribution >= 4 is 5.69 Å². The van der Waals surface area contributed by atoms with E-state index in [4.69, 9.17) is 5.73 Å². The molecule has 1 unspecified atom stereocenters. The van der Waals surface area contributed by atoms with E-state index in [0.717, 1.165) is 32.4 Å². The van der Waals surface area contributed by atoms with Gasteiger partial charge in [-0.3, -0.25) is 0 Å². The van der Waals surface area contributed by atoms with Gasteiger partial charge in [0, 0.05) is 19.6 Å². The maximum absolute atomic E-state index is 14.1. The second-order valence-electron chi connectivity index (χ2n) is 6.03. The summed E-state index contributed by atoms with van der Waals surface area (Å²) in [5.74, 6) is 0.292. The quantitative estimate of drug-likeness (QED) is 0.916. The lowest BCUT2D eigenvalue weighted by Crippen LogP contribution is -2.26. The van der Waals surface area contributed by atoms with E-state index in [-0.39, 0.29) is 12.2 Å². The van der Waals surface area contributed by atoms with Crippen LogP contribution in [0.5, 0.6) is 0 Å². The predicted molar refractivity (Wildman–Crippen MR) is 78.6 cm³/mol. The fourth-order valence-corrected chi connectivity index (χ4v) is 3.05. The molecule has 20 heavy (non-hydrogen) atoms. The third-order valence-electron chi connectivity index (χ3n) is 4.34. The summed E-state index contributed by atoms with van der Waals surface area (Å²) in [4.78, 5) is 1.85. The Hall–Kier alpha value is -1.16. The smallest absolute Gasteiger partial charge is 0.149 e. The largest absolute Gasteiger partial charge is 0.367 e. The lowest BCUT2D eigenvalue weighted by Gasteiger charge is -2.24. The molecule has 2 N–H and O–H groups in total. The lowest BCUT2D eigenvalue weighted by atomic mass is 9.89. The van der Waals surface area contributed by atoms with Crippen LogP contribution in [0.1, 0.15) is 38.7 Å². The topological polar surface area (TPSA) is 29.3 Å². The number of halogens is 2. The van der Waals surface area contributed by atoms with E-state index >= 15 is 0 Å². The monoisotopic (exact) mass is 282 g/mol. The van der Waals surface area contributed by atoms with Crippen LogP contribution in [0.3, 0.4) is 0 Å². The standard InChI is InChI=1S/C16H24F2N2/c1-11(2)13-4-3-6-20(7-5-13)16-14(17)8-12(10-19)9-15(16)18/h8-9,11,13H,3-7,10,19H2,1-2H3. The van der Waals surface area contributed by atoms with Crippen LogP contribution in [0.2, 0.25) is 0 Å². The average Bonchev–Trinajstić information content (AvgIpc) is 2.63. The van der Waals surface area contributed by atoms with Crippen LogP contribution in [-0.2, 0) is 6.54 Å². The van der Waals surface area contributed by atoms with Crippen molar-refractivity contribution in [3.05, 3.63) is 29.3 Å². The van der Waals surface area contributed by atoms with Crippen molar-refractivity contribution in [1.29, 1.82) is 0 Å². The zero-order valence-corrected chi connectivity index (χ0v) is 12.3. The number of benzene rings is 1. The zero-order chi connectivity index (χ0) is 14.7. The minimum Gasteiger partial charge on any atom is -0.367 e. The Balaban J connectivity index is 2.19. The third kappa shape index (κ3) is 3.29. The zero-order valence-electron chi connectivity index (χ0n) is 12.3. The summed E-state index contributed by atoms with van der Waals surface area (Å²) in [5, 5.41) is 0. The predicted octanol–water partition coefficient (Wildman–Crippen LogP) is 3.69. The van der Waals surface area contributed by atoms with Gasteiger partial charge in [0.05, 0.1) is 0 Å². The van der Waals surface area contributed by atoms with Crippen LogP contribution in [0.4, 0.5) is 14.5 Å². The fourth-order valence-electron chi connectivity index (χ4n) is 3.05. The highest BCUT2D eigenvalue weighted by atomic mass is 19.1. The summed E-state index contributed by atoms with van der Waals surface area (Å²) in [5.41, 5.74) is 6.06. The molecule has 0 saturated carbocycles. The molecule has 1 fully saturated rings. The van der Waals surface area contributed by atoms with E-state index in [2.05, 4.69) is 13.8 Å². The summed E-state index contributed by atoms with van der Waals surface area (Å²) in [6.07, 6.45) is 3.12. The minimum atomic E-state index is -0.492. The molecule has 1 heterocycles. The van der Waals surface area contributed by atoms with Gasteiger partial charge in [-0.25, -0.2) is 8.78 Å². The minimum absolute atomic E-state index is 0.117. The van der Waals surface area contributed by atoms with Crippen molar-refractivity contribution in [2.75, 3.05) is 18.0 Å². The van der Waals surface area contributed by atoms with Gasteiger partial charge in [0.1, 0.15) is 17.3 Å². The van der Waals surface area contributed by atoms with Crippen molar-refractivity contribution in [3.63, 3.8) is 0 Å². The van der Waals surface area contributed by atoms with Gasteiger partial charge >= 0.3 is 0 Å². The molecule has 1 aliphatic rings. The second kappa shape index (κ2) is 6.53. The molecule has 4 heteroatoms. The van der Waals surface area contributed by atoms with E-state index in [1.807, 2.05) is 4.90 Å². The van der Waals surface area contributed by atoms with E-state index < -0.39 is 11.6 Å². The fraction of sp³-hybridized carbons (Fsp3) is 0.625. The average molecular weight is 282 g/mol. The molecule has 0 aromatic heterocycles. The van der Waals surface area contributed by atoms with E-state index in [1.54, 1.807) is 0 Å². The van der Waals surface area contributed by atoms with Gasteiger partial charge in [0.2, 0.25) is 0 Å². The maximum Gasteiger partial charge on any atom is 0.149 e. The Labute approximate surface area is 120 Å². The first-order chi connectivity index (χ1) is 9.52. The molecule has 0 radical (unpaired) electrons. The Bertz CT molecular complexity index is 437. The Morgan fingerprint density at radius 3 is 2.40 bits per heavy atom. The van der Waals surface area contributed by atoms with Gasteiger partial charge in [-0.1, -0.05) is 13.8 Å². The Kier molecular flexibility index (Phi) is 4.97. The van der Waals surface area contributed by atoms with Gasteiger partial charge in [0.15, 0.2) is 0 Å². The highest BCUT2D eigenvalue weighted by Gasteiger charge is 2.23. The molecule has 1 aromatic rings. The Morgan fingerprint density at radius 2 is 1.85 bits per heavy atom. The first kappa shape index (κ1) is 15.2. The molecule has 0 bridgehead atoms. The summed E-state index contributed by atoms with van der Waals surface area (Å²) >= 11 is 0. The normalized spacial score (nSPS) is 20.3. The number of nitrogens with two attached hydrogens (primary N) is 1. The molecule has 112 valence electrons. The number of hydrogen-bond acceptors (Lipinski definition) is 2. The highest BCUT2D eigenvalue weighted by Crippen LogP contribution is 2.30. The van der Waals surface area contributed by atoms with Crippen LogP contribution in [0.25, 0.3) is 0 Å². The molecule has 1 aromatic carbocycles. The third-order valence-corrected chi connectivity index (χ3v) is 4.34. The van der Waals surface area contributed by atoms with Crippen molar-refractivity contribution in [2.45, 2.75) is 39.7 Å². The van der Waals surface area contributed by atoms with E-state index in [0.29, 0.717) is 17.4 Å². The molecule has 0 spiro atoms. The molecule has 2 rings (SSSR count). The first-order valence-corrected chi connectivity index (χ1v) is 7.46. The van der Waals surface area contributed by atoms with Gasteiger partial charge in [0.25, 0.3) is 0 Å². The first-order valence-electron chi connectivity index (χ1n) is 7.46. The summed E-state index contributed by atoms with van der Waals surface area (Å²) in [6.45, 7) is 6.04. The van der Waals surface area contributed by atoms with Crippen LogP contribution < -0.4 is 10.6 Å². The SMILES string of the molecule is CC(C)C1CCCN(c2c(F)cc(CN)cc2F)CC1. The molecular formula is C16H24F2N2. The summed E-state index contributed by atoms with van der Waals surface area (Å²) in [7, 11) is 0. The van der Waals surface area contributed by atoms with Crippen LogP contribution in [0.15, 0.2) is 12.1 Å². The Morgan fingerprint density at radius 1 is 1.20 bits per heavy atom. The van der Waals surface area contributed by atoms with Gasteiger partial charge < -0.3 is 10.6 Å². The highest BCUT2D eigenvalue weighted by molar-refractivity contribution is 5.50. The van der Waals surface area contributed by atoms with Crippen LogP contribution >= 0.6 is 0 Å². The summed E-state index contributed by atoms with van der Waals surface area (Å²) < 4.78 is 28.3. The number of nitrogens with zero attached hydrogens (tertiary/aromatic N) is 1. The molecule has 1 atom stereocenters. The summed E-state index contributed by atoms with van der Waals surface area (Å²) in [6, 6.07) is 2.70. The molecule has 2 nitrogen and oxygen atoms in total. The van der Waals surface area contributed by atoms with Gasteiger partial charge in [-0.15, -0.1) is 0 Å². The van der Waals surface area contributed by atoms with Crippen LogP contribution in [-0.4, -0.2) is 13.1 Å². The van der Waals surface area contributed by atoms with E-state index in [9.17, 15) is 8.78 Å². The molecular weight excluding hydrogens is 258 g/mol. The molecule has 0 amide bonds. The second-order valence-corrected chi connectivity index (χ2v) is 6.03. The van der Waals surface area contributed by atoms with Gasteiger partial charge in [-0.05, 0) is 48.8 Å². The van der Waals surface area contributed by atoms with E-state index in [1.165, 1.54) is 12.1 Å². The number of hydrogen-bond donors (Lipinski definition) is 1. The number of rotatable bonds is 3. The van der Waals surface area contributed by atoms with Gasteiger partial charge in [-0.2, -0.15) is 0 Å². The molecule has 1 aliphatic heterocycles. The van der Waals surface area contributed by atoms with Crippen LogP contribution in [0, 0.1) is 23.5 Å². The van der Waals surface area contributed by atoms with Crippen molar-refractivity contribution in [3.8, 4) is 0 Å². The molecule has 0 aliphatic carbocycles. The molecule has 1 saturated heterocycles. The van der Waals surface area contributed by atoms with Crippen molar-refractivity contribution < 1.29 is 8.78 Å². The number of anilines is 1. The van der Waals surface area contributed by atoms with Crippen molar-refractivity contribution in [2.24, 2.45) is 17.6 Å². The maximum atomic E-state index is 14.1. The lowest BCUT2D eigenvalue weighted by molar-refractivity contribution is 0.351.